The fourth-order valence-electron chi connectivity index (χ4n) is 3.66. The smallest absolute Gasteiger partial charge is 0.506 e. The predicted octanol–water partition coefficient (Wildman–Crippen LogP) is 4.57. The van der Waals surface area contributed by atoms with Crippen molar-refractivity contribution < 1.29 is 27.8 Å². The summed E-state index contributed by atoms with van der Waals surface area (Å²) in [7, 11) is 0. The molecule has 6 nitrogen and oxygen atoms in total. The van der Waals surface area contributed by atoms with Gasteiger partial charge in [0.05, 0.1) is 5.39 Å². The number of anilines is 1. The third-order valence-corrected chi connectivity index (χ3v) is 6.16. The number of aromatic hydroxyl groups is 1. The number of rotatable bonds is 3. The van der Waals surface area contributed by atoms with Crippen molar-refractivity contribution in [3.63, 3.8) is 0 Å². The van der Waals surface area contributed by atoms with Gasteiger partial charge in [-0.25, -0.2) is 0 Å². The highest BCUT2D eigenvalue weighted by Crippen LogP contribution is 2.41. The SMILES string of the molecule is CC1CCc2c(sc3[nH]c(=O)c(C(=O)Nc4cccc(OC(F)(F)F)c4)c(O)c23)C1. The molecule has 0 bridgehead atoms. The minimum Gasteiger partial charge on any atom is -0.506 e. The van der Waals surface area contributed by atoms with Gasteiger partial charge >= 0.3 is 6.36 Å². The quantitative estimate of drug-likeness (QED) is 0.559. The van der Waals surface area contributed by atoms with E-state index in [-0.39, 0.29) is 5.69 Å². The van der Waals surface area contributed by atoms with Crippen LogP contribution in [0.5, 0.6) is 11.5 Å². The molecule has 0 saturated carbocycles. The van der Waals surface area contributed by atoms with E-state index in [0.29, 0.717) is 16.1 Å². The number of benzene rings is 1. The van der Waals surface area contributed by atoms with E-state index in [4.69, 9.17) is 0 Å². The number of hydrogen-bond donors (Lipinski definition) is 3. The molecule has 0 fully saturated rings. The van der Waals surface area contributed by atoms with Crippen molar-refractivity contribution in [3.05, 3.63) is 50.6 Å². The average Bonchev–Trinajstić information content (AvgIpc) is 2.97. The Bertz CT molecular complexity index is 1200. The lowest BCUT2D eigenvalue weighted by Gasteiger charge is -2.18. The van der Waals surface area contributed by atoms with Crippen LogP contribution in [0.25, 0.3) is 10.2 Å². The Morgan fingerprint density at radius 1 is 1.37 bits per heavy atom. The van der Waals surface area contributed by atoms with Crippen molar-refractivity contribution in [3.8, 4) is 11.5 Å². The lowest BCUT2D eigenvalue weighted by molar-refractivity contribution is -0.274. The molecule has 1 aromatic carbocycles. The molecule has 0 radical (unpaired) electrons. The molecule has 3 aromatic rings. The van der Waals surface area contributed by atoms with Crippen LogP contribution in [0.1, 0.15) is 34.1 Å². The Morgan fingerprint density at radius 2 is 2.13 bits per heavy atom. The maximum Gasteiger partial charge on any atom is 0.573 e. The van der Waals surface area contributed by atoms with Crippen molar-refractivity contribution in [1.29, 1.82) is 0 Å². The van der Waals surface area contributed by atoms with E-state index in [1.54, 1.807) is 0 Å². The van der Waals surface area contributed by atoms with Crippen LogP contribution in [0.4, 0.5) is 18.9 Å². The van der Waals surface area contributed by atoms with Crippen LogP contribution < -0.4 is 15.6 Å². The average molecular weight is 438 g/mol. The first-order chi connectivity index (χ1) is 14.1. The van der Waals surface area contributed by atoms with Crippen LogP contribution in [0, 0.1) is 5.92 Å². The maximum atomic E-state index is 12.7. The number of aromatic nitrogens is 1. The van der Waals surface area contributed by atoms with Gasteiger partial charge in [0.2, 0.25) is 0 Å². The van der Waals surface area contributed by atoms with Gasteiger partial charge in [-0.3, -0.25) is 9.59 Å². The largest absolute Gasteiger partial charge is 0.573 e. The highest BCUT2D eigenvalue weighted by molar-refractivity contribution is 7.18. The first-order valence-electron chi connectivity index (χ1n) is 9.19. The number of amides is 1. The molecule has 1 aliphatic carbocycles. The van der Waals surface area contributed by atoms with Crippen molar-refractivity contribution in [1.82, 2.24) is 4.98 Å². The number of halogens is 3. The number of thiophene rings is 1. The van der Waals surface area contributed by atoms with Gasteiger partial charge in [0.25, 0.3) is 11.5 Å². The second kappa shape index (κ2) is 7.35. The molecule has 1 atom stereocenters. The Morgan fingerprint density at radius 3 is 2.87 bits per heavy atom. The number of nitrogens with one attached hydrogen (secondary N) is 2. The summed E-state index contributed by atoms with van der Waals surface area (Å²) in [5.74, 6) is -1.37. The van der Waals surface area contributed by atoms with Gasteiger partial charge in [0.15, 0.2) is 0 Å². The summed E-state index contributed by atoms with van der Waals surface area (Å²) in [6, 6.07) is 4.67. The van der Waals surface area contributed by atoms with Gasteiger partial charge in [0.1, 0.15) is 21.9 Å². The van der Waals surface area contributed by atoms with Gasteiger partial charge in [-0.2, -0.15) is 0 Å². The van der Waals surface area contributed by atoms with Gasteiger partial charge in [-0.1, -0.05) is 13.0 Å². The van der Waals surface area contributed by atoms with Crippen molar-refractivity contribution >= 4 is 33.1 Å². The molecule has 2 heterocycles. The molecule has 3 N–H and O–H groups in total. The maximum absolute atomic E-state index is 12.7. The Balaban J connectivity index is 1.69. The first kappa shape index (κ1) is 20.3. The van der Waals surface area contributed by atoms with E-state index in [1.807, 2.05) is 0 Å². The Labute approximate surface area is 172 Å². The highest BCUT2D eigenvalue weighted by Gasteiger charge is 2.31. The minimum absolute atomic E-state index is 0.0122. The van der Waals surface area contributed by atoms with E-state index in [0.717, 1.165) is 41.8 Å². The van der Waals surface area contributed by atoms with Gasteiger partial charge < -0.3 is 20.1 Å². The number of aromatic amines is 1. The molecule has 0 saturated heterocycles. The second-order valence-electron chi connectivity index (χ2n) is 7.26. The van der Waals surface area contributed by atoms with E-state index in [2.05, 4.69) is 22.0 Å². The van der Waals surface area contributed by atoms with E-state index in [9.17, 15) is 27.9 Å². The molecule has 158 valence electrons. The number of aryl methyl sites for hydroxylation is 1. The van der Waals surface area contributed by atoms with Gasteiger partial charge in [-0.05, 0) is 42.9 Å². The Hall–Kier alpha value is -3.01. The number of H-pyrrole nitrogens is 1. The summed E-state index contributed by atoms with van der Waals surface area (Å²) >= 11 is 1.39. The fourth-order valence-corrected chi connectivity index (χ4v) is 5.07. The predicted molar refractivity (Wildman–Crippen MR) is 106 cm³/mol. The Kier molecular flexibility index (Phi) is 4.97. The monoisotopic (exact) mass is 438 g/mol. The lowest BCUT2D eigenvalue weighted by Crippen LogP contribution is -2.23. The van der Waals surface area contributed by atoms with Crippen LogP contribution in [0.15, 0.2) is 29.1 Å². The molecule has 30 heavy (non-hydrogen) atoms. The summed E-state index contributed by atoms with van der Waals surface area (Å²) in [6.07, 6.45) is -2.37. The van der Waals surface area contributed by atoms with Crippen molar-refractivity contribution in [2.75, 3.05) is 5.32 Å². The lowest BCUT2D eigenvalue weighted by atomic mass is 9.89. The number of carbonyl (C=O) groups excluding carboxylic acids is 1. The van der Waals surface area contributed by atoms with E-state index >= 15 is 0 Å². The van der Waals surface area contributed by atoms with Crippen LogP contribution >= 0.6 is 11.3 Å². The summed E-state index contributed by atoms with van der Waals surface area (Å²) in [4.78, 5) is 29.4. The molecule has 0 aliphatic heterocycles. The molecule has 1 aliphatic rings. The summed E-state index contributed by atoms with van der Waals surface area (Å²) in [6.45, 7) is 2.13. The van der Waals surface area contributed by atoms with Crippen molar-refractivity contribution in [2.24, 2.45) is 5.92 Å². The molecule has 1 unspecified atom stereocenters. The third kappa shape index (κ3) is 3.87. The molecule has 2 aromatic heterocycles. The number of hydrogen-bond acceptors (Lipinski definition) is 5. The molecule has 10 heteroatoms. The molecular formula is C20H17F3N2O4S. The zero-order valence-corrected chi connectivity index (χ0v) is 16.5. The normalized spacial score (nSPS) is 16.3. The first-order valence-corrected chi connectivity index (χ1v) is 10.0. The highest BCUT2D eigenvalue weighted by atomic mass is 32.1. The molecular weight excluding hydrogens is 421 g/mol. The second-order valence-corrected chi connectivity index (χ2v) is 8.37. The number of fused-ring (bicyclic) bond motifs is 3. The summed E-state index contributed by atoms with van der Waals surface area (Å²) in [5, 5.41) is 13.6. The van der Waals surface area contributed by atoms with Gasteiger partial charge in [-0.15, -0.1) is 24.5 Å². The number of alkyl halides is 3. The zero-order valence-electron chi connectivity index (χ0n) is 15.7. The van der Waals surface area contributed by atoms with E-state index < -0.39 is 34.9 Å². The van der Waals surface area contributed by atoms with Crippen LogP contribution in [0.2, 0.25) is 0 Å². The standard InChI is InChI=1S/C20H17F3N2O4S/c1-9-5-6-12-13(7-9)30-19-14(12)16(26)15(18(28)25-19)17(27)24-10-3-2-4-11(8-10)29-20(21,22)23/h2-4,8-9H,5-7H2,1H3,(H,24,27)(H2,25,26,28). The molecule has 1 amide bonds. The summed E-state index contributed by atoms with van der Waals surface area (Å²) in [5.41, 5.74) is -0.339. The molecule has 0 spiro atoms. The van der Waals surface area contributed by atoms with Gasteiger partial charge in [0, 0.05) is 16.6 Å². The van der Waals surface area contributed by atoms with Crippen molar-refractivity contribution in [2.45, 2.75) is 32.5 Å². The minimum atomic E-state index is -4.88. The number of carbonyl (C=O) groups is 1. The number of pyridine rings is 1. The van der Waals surface area contributed by atoms with E-state index in [1.165, 1.54) is 23.5 Å². The number of ether oxygens (including phenoxy) is 1. The topological polar surface area (TPSA) is 91.4 Å². The van der Waals surface area contributed by atoms with Crippen LogP contribution in [-0.4, -0.2) is 22.4 Å². The van der Waals surface area contributed by atoms with Crippen LogP contribution in [-0.2, 0) is 12.8 Å². The third-order valence-electron chi connectivity index (χ3n) is 4.99. The fraction of sp³-hybridized carbons (Fsp3) is 0.300. The van der Waals surface area contributed by atoms with Crippen LogP contribution in [0.3, 0.4) is 0 Å². The zero-order chi connectivity index (χ0) is 21.6. The molecule has 4 rings (SSSR count). The summed E-state index contributed by atoms with van der Waals surface area (Å²) < 4.78 is 41.0.